The van der Waals surface area contributed by atoms with E-state index in [1.165, 1.54) is 6.92 Å². The zero-order chi connectivity index (χ0) is 14.8. The van der Waals surface area contributed by atoms with Crippen LogP contribution in [-0.4, -0.2) is 38.7 Å². The molecule has 1 unspecified atom stereocenters. The summed E-state index contributed by atoms with van der Waals surface area (Å²) in [5.74, 6) is 0.531. The molecule has 1 aliphatic rings. The Bertz CT molecular complexity index is 635. The predicted molar refractivity (Wildman–Crippen MR) is 82.3 cm³/mol. The van der Waals surface area contributed by atoms with Crippen LogP contribution in [-0.2, 0) is 11.3 Å². The summed E-state index contributed by atoms with van der Waals surface area (Å²) < 4.78 is 1.96. The lowest BCUT2D eigenvalue weighted by atomic mass is 10.3. The number of amides is 1. The summed E-state index contributed by atoms with van der Waals surface area (Å²) in [6, 6.07) is 2.21. The van der Waals surface area contributed by atoms with Gasteiger partial charge in [0.05, 0.1) is 16.7 Å². The van der Waals surface area contributed by atoms with Gasteiger partial charge >= 0.3 is 0 Å². The van der Waals surface area contributed by atoms with Gasteiger partial charge in [-0.15, -0.1) is 11.3 Å². The number of carbonyl (C=O) groups is 1. The van der Waals surface area contributed by atoms with Crippen molar-refractivity contribution < 1.29 is 4.79 Å². The molecule has 0 saturated carbocycles. The monoisotopic (exact) mass is 305 g/mol. The van der Waals surface area contributed by atoms with E-state index in [1.807, 2.05) is 23.9 Å². The molecular formula is C14H19N5OS. The van der Waals surface area contributed by atoms with E-state index in [9.17, 15) is 4.79 Å². The zero-order valence-electron chi connectivity index (χ0n) is 12.2. The standard InChI is InChI=1S/C14H19N5OS/c1-10(20)15-14-4-6-19(17-14)13-3-5-18(8-13)7-12-9-21-11(2)16-12/h4,6,9,13H,3,5,7-8H2,1-2H3,(H,15,17,20). The molecule has 112 valence electrons. The fourth-order valence-electron chi connectivity index (χ4n) is 2.67. The zero-order valence-corrected chi connectivity index (χ0v) is 13.1. The van der Waals surface area contributed by atoms with Gasteiger partial charge < -0.3 is 5.32 Å². The molecule has 0 spiro atoms. The third-order valence-electron chi connectivity index (χ3n) is 3.59. The molecule has 1 aliphatic heterocycles. The number of likely N-dealkylation sites (tertiary alicyclic amines) is 1. The topological polar surface area (TPSA) is 63.1 Å². The van der Waals surface area contributed by atoms with Crippen LogP contribution in [0, 0.1) is 6.92 Å². The molecule has 1 amide bonds. The van der Waals surface area contributed by atoms with E-state index in [1.54, 1.807) is 11.3 Å². The maximum Gasteiger partial charge on any atom is 0.222 e. The van der Waals surface area contributed by atoms with Gasteiger partial charge in [0.25, 0.3) is 0 Å². The van der Waals surface area contributed by atoms with Gasteiger partial charge in [0, 0.05) is 44.2 Å². The van der Waals surface area contributed by atoms with Crippen LogP contribution in [0.1, 0.15) is 30.1 Å². The summed E-state index contributed by atoms with van der Waals surface area (Å²) >= 11 is 1.70. The van der Waals surface area contributed by atoms with Gasteiger partial charge in [-0.05, 0) is 13.3 Å². The van der Waals surface area contributed by atoms with Crippen LogP contribution in [0.4, 0.5) is 5.82 Å². The van der Waals surface area contributed by atoms with Crippen LogP contribution in [0.2, 0.25) is 0 Å². The van der Waals surface area contributed by atoms with Gasteiger partial charge in [-0.3, -0.25) is 14.4 Å². The molecule has 1 N–H and O–H groups in total. The van der Waals surface area contributed by atoms with Crippen molar-refractivity contribution in [2.75, 3.05) is 18.4 Å². The average molecular weight is 305 g/mol. The second-order valence-corrected chi connectivity index (χ2v) is 6.46. The first-order valence-electron chi connectivity index (χ1n) is 7.06. The maximum atomic E-state index is 11.0. The van der Waals surface area contributed by atoms with Crippen molar-refractivity contribution in [1.29, 1.82) is 0 Å². The smallest absolute Gasteiger partial charge is 0.222 e. The minimum Gasteiger partial charge on any atom is -0.309 e. The van der Waals surface area contributed by atoms with E-state index in [4.69, 9.17) is 0 Å². The summed E-state index contributed by atoms with van der Waals surface area (Å²) in [6.45, 7) is 6.45. The third-order valence-corrected chi connectivity index (χ3v) is 4.41. The lowest BCUT2D eigenvalue weighted by Crippen LogP contribution is -2.21. The molecule has 0 aliphatic carbocycles. The summed E-state index contributed by atoms with van der Waals surface area (Å²) in [6.07, 6.45) is 3.01. The number of thiazole rings is 1. The number of aryl methyl sites for hydroxylation is 1. The fourth-order valence-corrected chi connectivity index (χ4v) is 3.27. The van der Waals surface area contributed by atoms with Gasteiger partial charge in [-0.1, -0.05) is 0 Å². The third kappa shape index (κ3) is 3.48. The number of nitrogens with zero attached hydrogens (tertiary/aromatic N) is 4. The second-order valence-electron chi connectivity index (χ2n) is 5.40. The molecule has 1 saturated heterocycles. The number of carbonyl (C=O) groups excluding carboxylic acids is 1. The SMILES string of the molecule is CC(=O)Nc1ccn(C2CCN(Cc3csc(C)n3)C2)n1. The van der Waals surface area contributed by atoms with Crippen LogP contribution in [0.3, 0.4) is 0 Å². The van der Waals surface area contributed by atoms with Crippen LogP contribution >= 0.6 is 11.3 Å². The Morgan fingerprint density at radius 1 is 1.57 bits per heavy atom. The fraction of sp³-hybridized carbons (Fsp3) is 0.500. The second kappa shape index (κ2) is 5.95. The molecule has 3 heterocycles. The number of anilines is 1. The molecule has 0 radical (unpaired) electrons. The molecule has 6 nitrogen and oxygen atoms in total. The molecule has 2 aromatic rings. The van der Waals surface area contributed by atoms with Crippen molar-refractivity contribution in [3.8, 4) is 0 Å². The van der Waals surface area contributed by atoms with Crippen LogP contribution in [0.15, 0.2) is 17.6 Å². The van der Waals surface area contributed by atoms with Crippen LogP contribution < -0.4 is 5.32 Å². The number of hydrogen-bond donors (Lipinski definition) is 1. The summed E-state index contributed by atoms with van der Waals surface area (Å²) in [5.41, 5.74) is 1.15. The van der Waals surface area contributed by atoms with E-state index in [0.29, 0.717) is 11.9 Å². The Hall–Kier alpha value is -1.73. The molecule has 1 fully saturated rings. The molecular weight excluding hydrogens is 286 g/mol. The quantitative estimate of drug-likeness (QED) is 0.939. The highest BCUT2D eigenvalue weighted by atomic mass is 32.1. The lowest BCUT2D eigenvalue weighted by molar-refractivity contribution is -0.114. The Kier molecular flexibility index (Phi) is 4.03. The molecule has 0 aromatic carbocycles. The van der Waals surface area contributed by atoms with E-state index in [2.05, 4.69) is 25.7 Å². The van der Waals surface area contributed by atoms with E-state index in [0.717, 1.165) is 36.8 Å². The van der Waals surface area contributed by atoms with Gasteiger partial charge in [0.1, 0.15) is 0 Å². The van der Waals surface area contributed by atoms with E-state index in [-0.39, 0.29) is 5.91 Å². The first-order valence-corrected chi connectivity index (χ1v) is 7.94. The Morgan fingerprint density at radius 3 is 3.14 bits per heavy atom. The highest BCUT2D eigenvalue weighted by Crippen LogP contribution is 2.23. The Labute approximate surface area is 127 Å². The number of aromatic nitrogens is 3. The Balaban J connectivity index is 1.58. The number of nitrogens with one attached hydrogen (secondary N) is 1. The van der Waals surface area contributed by atoms with Crippen molar-refractivity contribution in [2.45, 2.75) is 32.9 Å². The lowest BCUT2D eigenvalue weighted by Gasteiger charge is -2.14. The summed E-state index contributed by atoms with van der Waals surface area (Å²) in [7, 11) is 0. The summed E-state index contributed by atoms with van der Waals surface area (Å²) in [4.78, 5) is 17.9. The first-order chi connectivity index (χ1) is 10.1. The highest BCUT2D eigenvalue weighted by molar-refractivity contribution is 7.09. The molecule has 21 heavy (non-hydrogen) atoms. The summed E-state index contributed by atoms with van der Waals surface area (Å²) in [5, 5.41) is 10.4. The number of hydrogen-bond acceptors (Lipinski definition) is 5. The van der Waals surface area contributed by atoms with Gasteiger partial charge in [-0.25, -0.2) is 4.98 Å². The minimum atomic E-state index is -0.0906. The minimum absolute atomic E-state index is 0.0906. The Morgan fingerprint density at radius 2 is 2.43 bits per heavy atom. The van der Waals surface area contributed by atoms with Gasteiger partial charge in [0.15, 0.2) is 5.82 Å². The first kappa shape index (κ1) is 14.2. The van der Waals surface area contributed by atoms with Crippen molar-refractivity contribution in [1.82, 2.24) is 19.7 Å². The maximum absolute atomic E-state index is 11.0. The van der Waals surface area contributed by atoms with E-state index < -0.39 is 0 Å². The van der Waals surface area contributed by atoms with Crippen LogP contribution in [0.5, 0.6) is 0 Å². The van der Waals surface area contributed by atoms with Crippen molar-refractivity contribution in [2.24, 2.45) is 0 Å². The van der Waals surface area contributed by atoms with Crippen molar-refractivity contribution in [3.63, 3.8) is 0 Å². The number of rotatable bonds is 4. The molecule has 3 rings (SSSR count). The molecule has 7 heteroatoms. The predicted octanol–water partition coefficient (Wildman–Crippen LogP) is 2.05. The largest absolute Gasteiger partial charge is 0.309 e. The molecule has 2 aromatic heterocycles. The van der Waals surface area contributed by atoms with E-state index >= 15 is 0 Å². The van der Waals surface area contributed by atoms with Crippen LogP contribution in [0.25, 0.3) is 0 Å². The van der Waals surface area contributed by atoms with Gasteiger partial charge in [-0.2, -0.15) is 5.10 Å². The highest BCUT2D eigenvalue weighted by Gasteiger charge is 2.25. The van der Waals surface area contributed by atoms with Crippen molar-refractivity contribution >= 4 is 23.1 Å². The normalized spacial score (nSPS) is 19.0. The molecule has 0 bridgehead atoms. The van der Waals surface area contributed by atoms with Gasteiger partial charge in [0.2, 0.25) is 5.91 Å². The average Bonchev–Trinajstić information content (AvgIpc) is 3.11. The van der Waals surface area contributed by atoms with Crippen molar-refractivity contribution in [3.05, 3.63) is 28.3 Å². The molecule has 1 atom stereocenters.